The lowest BCUT2D eigenvalue weighted by Crippen LogP contribution is -1.98. The third-order valence-corrected chi connectivity index (χ3v) is 3.13. The van der Waals surface area contributed by atoms with E-state index < -0.39 is 0 Å². The summed E-state index contributed by atoms with van der Waals surface area (Å²) >= 11 is 1.89. The van der Waals surface area contributed by atoms with Crippen LogP contribution < -0.4 is 0 Å². The molecule has 0 bridgehead atoms. The molecule has 0 fully saturated rings. The van der Waals surface area contributed by atoms with E-state index >= 15 is 0 Å². The molecular formula is C12H18OS. The molecular weight excluding hydrogens is 192 g/mol. The maximum absolute atomic E-state index is 9.06. The summed E-state index contributed by atoms with van der Waals surface area (Å²) in [5, 5.41) is 9.06. The van der Waals surface area contributed by atoms with Gasteiger partial charge in [0.15, 0.2) is 0 Å². The lowest BCUT2D eigenvalue weighted by Gasteiger charge is -2.03. The molecule has 1 aromatic carbocycles. The van der Waals surface area contributed by atoms with Gasteiger partial charge in [0.2, 0.25) is 0 Å². The van der Waals surface area contributed by atoms with Crippen molar-refractivity contribution in [1.82, 2.24) is 0 Å². The van der Waals surface area contributed by atoms with Gasteiger partial charge in [0.25, 0.3) is 0 Å². The Morgan fingerprint density at radius 1 is 1.21 bits per heavy atom. The third kappa shape index (κ3) is 5.30. The van der Waals surface area contributed by atoms with Crippen LogP contribution in [0.25, 0.3) is 0 Å². The molecule has 1 N–H and O–H groups in total. The Labute approximate surface area is 90.5 Å². The molecule has 0 amide bonds. The summed E-state index contributed by atoms with van der Waals surface area (Å²) in [6.07, 6.45) is 3.09. The number of aliphatic hydroxyl groups is 1. The SMILES string of the molecule is C[C@H](O)CCCCSc1ccccc1. The fourth-order valence-electron chi connectivity index (χ4n) is 1.25. The molecule has 0 unspecified atom stereocenters. The van der Waals surface area contributed by atoms with Crippen LogP contribution in [0.3, 0.4) is 0 Å². The molecule has 0 heterocycles. The van der Waals surface area contributed by atoms with Crippen LogP contribution in [-0.4, -0.2) is 17.0 Å². The maximum Gasteiger partial charge on any atom is 0.0512 e. The van der Waals surface area contributed by atoms with Crippen molar-refractivity contribution in [2.24, 2.45) is 0 Å². The molecule has 0 aliphatic carbocycles. The number of hydrogen-bond donors (Lipinski definition) is 1. The first kappa shape index (κ1) is 11.6. The molecule has 0 spiro atoms. The van der Waals surface area contributed by atoms with Gasteiger partial charge in [-0.05, 0) is 37.7 Å². The van der Waals surface area contributed by atoms with E-state index in [-0.39, 0.29) is 6.10 Å². The van der Waals surface area contributed by atoms with Gasteiger partial charge >= 0.3 is 0 Å². The number of thioether (sulfide) groups is 1. The minimum atomic E-state index is -0.142. The van der Waals surface area contributed by atoms with Crippen LogP contribution in [0.5, 0.6) is 0 Å². The minimum absolute atomic E-state index is 0.142. The van der Waals surface area contributed by atoms with Crippen LogP contribution in [-0.2, 0) is 0 Å². The van der Waals surface area contributed by atoms with Gasteiger partial charge in [0.1, 0.15) is 0 Å². The van der Waals surface area contributed by atoms with E-state index in [1.54, 1.807) is 0 Å². The molecule has 0 radical (unpaired) electrons. The molecule has 14 heavy (non-hydrogen) atoms. The Bertz CT molecular complexity index is 233. The summed E-state index contributed by atoms with van der Waals surface area (Å²) in [5.74, 6) is 1.15. The number of rotatable bonds is 6. The van der Waals surface area contributed by atoms with Crippen molar-refractivity contribution >= 4 is 11.8 Å². The summed E-state index contributed by atoms with van der Waals surface area (Å²) in [6, 6.07) is 10.5. The maximum atomic E-state index is 9.06. The van der Waals surface area contributed by atoms with Crippen molar-refractivity contribution in [3.63, 3.8) is 0 Å². The highest BCUT2D eigenvalue weighted by atomic mass is 32.2. The molecule has 1 aromatic rings. The first-order valence-corrected chi connectivity index (χ1v) is 6.13. The second-order valence-corrected chi connectivity index (χ2v) is 4.67. The molecule has 78 valence electrons. The topological polar surface area (TPSA) is 20.2 Å². The van der Waals surface area contributed by atoms with Gasteiger partial charge in [-0.25, -0.2) is 0 Å². The van der Waals surface area contributed by atoms with Gasteiger partial charge in [-0.3, -0.25) is 0 Å². The van der Waals surface area contributed by atoms with Crippen molar-refractivity contribution in [2.45, 2.75) is 37.2 Å². The zero-order valence-electron chi connectivity index (χ0n) is 8.65. The van der Waals surface area contributed by atoms with Gasteiger partial charge in [0, 0.05) is 4.90 Å². The first-order valence-electron chi connectivity index (χ1n) is 5.15. The average Bonchev–Trinajstić information content (AvgIpc) is 2.18. The quantitative estimate of drug-likeness (QED) is 0.574. The number of benzene rings is 1. The second-order valence-electron chi connectivity index (χ2n) is 3.51. The monoisotopic (exact) mass is 210 g/mol. The Kier molecular flexibility index (Phi) is 5.72. The van der Waals surface area contributed by atoms with Gasteiger partial charge in [-0.15, -0.1) is 11.8 Å². The molecule has 0 aromatic heterocycles. The fraction of sp³-hybridized carbons (Fsp3) is 0.500. The lowest BCUT2D eigenvalue weighted by molar-refractivity contribution is 0.181. The fourth-order valence-corrected chi connectivity index (χ4v) is 2.18. The molecule has 1 nitrogen and oxygen atoms in total. The van der Waals surface area contributed by atoms with Crippen LogP contribution in [0.1, 0.15) is 26.2 Å². The van der Waals surface area contributed by atoms with E-state index in [0.29, 0.717) is 0 Å². The average molecular weight is 210 g/mol. The van der Waals surface area contributed by atoms with Gasteiger partial charge in [-0.2, -0.15) is 0 Å². The Morgan fingerprint density at radius 2 is 1.93 bits per heavy atom. The Morgan fingerprint density at radius 3 is 2.57 bits per heavy atom. The summed E-state index contributed by atoms with van der Waals surface area (Å²) in [4.78, 5) is 1.34. The molecule has 0 aliphatic heterocycles. The van der Waals surface area contributed by atoms with Crippen molar-refractivity contribution in [2.75, 3.05) is 5.75 Å². The predicted molar refractivity (Wildman–Crippen MR) is 62.7 cm³/mol. The van der Waals surface area contributed by atoms with Gasteiger partial charge < -0.3 is 5.11 Å². The molecule has 1 rings (SSSR count). The van der Waals surface area contributed by atoms with E-state index in [4.69, 9.17) is 5.11 Å². The van der Waals surface area contributed by atoms with E-state index in [2.05, 4.69) is 24.3 Å². The molecule has 1 atom stereocenters. The smallest absolute Gasteiger partial charge is 0.0512 e. The van der Waals surface area contributed by atoms with Crippen molar-refractivity contribution in [3.8, 4) is 0 Å². The minimum Gasteiger partial charge on any atom is -0.393 e. The molecule has 0 saturated heterocycles. The Hall–Kier alpha value is -0.470. The normalized spacial score (nSPS) is 12.7. The van der Waals surface area contributed by atoms with E-state index in [9.17, 15) is 0 Å². The Balaban J connectivity index is 2.05. The highest BCUT2D eigenvalue weighted by Crippen LogP contribution is 2.18. The number of hydrogen-bond acceptors (Lipinski definition) is 2. The number of unbranched alkanes of at least 4 members (excludes halogenated alkanes) is 1. The predicted octanol–water partition coefficient (Wildman–Crippen LogP) is 3.33. The first-order chi connectivity index (χ1) is 6.79. The zero-order chi connectivity index (χ0) is 10.2. The molecule has 0 aliphatic rings. The van der Waals surface area contributed by atoms with E-state index in [1.807, 2.05) is 24.8 Å². The summed E-state index contributed by atoms with van der Waals surface area (Å²) in [5.41, 5.74) is 0. The van der Waals surface area contributed by atoms with Crippen molar-refractivity contribution < 1.29 is 5.11 Å². The van der Waals surface area contributed by atoms with Crippen LogP contribution in [0, 0.1) is 0 Å². The van der Waals surface area contributed by atoms with Crippen molar-refractivity contribution in [3.05, 3.63) is 30.3 Å². The van der Waals surface area contributed by atoms with Crippen LogP contribution >= 0.6 is 11.8 Å². The van der Waals surface area contributed by atoms with E-state index in [1.165, 1.54) is 11.3 Å². The summed E-state index contributed by atoms with van der Waals surface area (Å²) in [6.45, 7) is 1.85. The van der Waals surface area contributed by atoms with Crippen LogP contribution in [0.2, 0.25) is 0 Å². The zero-order valence-corrected chi connectivity index (χ0v) is 9.46. The van der Waals surface area contributed by atoms with Crippen LogP contribution in [0.15, 0.2) is 35.2 Å². The highest BCUT2D eigenvalue weighted by Gasteiger charge is 1.96. The largest absolute Gasteiger partial charge is 0.393 e. The van der Waals surface area contributed by atoms with Gasteiger partial charge in [-0.1, -0.05) is 24.6 Å². The molecule has 2 heteroatoms. The third-order valence-electron chi connectivity index (χ3n) is 2.03. The van der Waals surface area contributed by atoms with E-state index in [0.717, 1.165) is 18.6 Å². The summed E-state index contributed by atoms with van der Waals surface area (Å²) in [7, 11) is 0. The highest BCUT2D eigenvalue weighted by molar-refractivity contribution is 7.99. The second kappa shape index (κ2) is 6.91. The van der Waals surface area contributed by atoms with Crippen molar-refractivity contribution in [1.29, 1.82) is 0 Å². The number of aliphatic hydroxyl groups excluding tert-OH is 1. The lowest BCUT2D eigenvalue weighted by atomic mass is 10.2. The molecule has 0 saturated carbocycles. The standard InChI is InChI=1S/C12H18OS/c1-11(13)7-5-6-10-14-12-8-3-2-4-9-12/h2-4,8-9,11,13H,5-7,10H2,1H3/t11-/m0/s1. The van der Waals surface area contributed by atoms with Crippen LogP contribution in [0.4, 0.5) is 0 Å². The van der Waals surface area contributed by atoms with Gasteiger partial charge in [0.05, 0.1) is 6.10 Å². The summed E-state index contributed by atoms with van der Waals surface area (Å²) < 4.78 is 0.